The molecule has 0 bridgehead atoms. The Balaban J connectivity index is 1.43. The van der Waals surface area contributed by atoms with E-state index in [1.807, 2.05) is 0 Å². The van der Waals surface area contributed by atoms with Gasteiger partial charge in [-0.3, -0.25) is 0 Å². The van der Waals surface area contributed by atoms with E-state index in [1.54, 1.807) is 11.3 Å². The minimum atomic E-state index is -0.0492. The van der Waals surface area contributed by atoms with Crippen LogP contribution < -0.4 is 10.6 Å². The number of amides is 2. The number of hydrogen-bond acceptors (Lipinski definition) is 3. The Morgan fingerprint density at radius 1 is 1.43 bits per heavy atom. The topological polar surface area (TPSA) is 50.4 Å². The van der Waals surface area contributed by atoms with Crippen LogP contribution in [-0.2, 0) is 17.7 Å². The Hall–Kier alpha value is -1.07. The van der Waals surface area contributed by atoms with Crippen molar-refractivity contribution in [3.63, 3.8) is 0 Å². The van der Waals surface area contributed by atoms with Gasteiger partial charge < -0.3 is 15.4 Å². The highest BCUT2D eigenvalue weighted by Gasteiger charge is 2.36. The van der Waals surface area contributed by atoms with Crippen molar-refractivity contribution >= 4 is 17.4 Å². The Bertz CT molecular complexity index is 484. The number of ether oxygens (including phenoxy) is 1. The van der Waals surface area contributed by atoms with Gasteiger partial charge in [0.05, 0.1) is 12.6 Å². The molecule has 0 spiro atoms. The molecule has 2 fully saturated rings. The summed E-state index contributed by atoms with van der Waals surface area (Å²) in [6, 6.07) is 2.35. The van der Waals surface area contributed by atoms with Crippen molar-refractivity contribution in [1.82, 2.24) is 10.6 Å². The summed E-state index contributed by atoms with van der Waals surface area (Å²) < 4.78 is 5.79. The van der Waals surface area contributed by atoms with Crippen LogP contribution >= 0.6 is 11.3 Å². The lowest BCUT2D eigenvalue weighted by atomic mass is 10.0. The summed E-state index contributed by atoms with van der Waals surface area (Å²) in [5.74, 6) is 0.746. The van der Waals surface area contributed by atoms with Crippen LogP contribution in [0.1, 0.15) is 43.0 Å². The summed E-state index contributed by atoms with van der Waals surface area (Å²) in [5, 5.41) is 8.18. The summed E-state index contributed by atoms with van der Waals surface area (Å²) in [7, 11) is 0. The van der Waals surface area contributed by atoms with Gasteiger partial charge in [0.1, 0.15) is 0 Å². The van der Waals surface area contributed by atoms with Gasteiger partial charge in [0.2, 0.25) is 0 Å². The van der Waals surface area contributed by atoms with Gasteiger partial charge in [0.25, 0.3) is 0 Å². The van der Waals surface area contributed by atoms with Gasteiger partial charge in [-0.2, -0.15) is 0 Å². The summed E-state index contributed by atoms with van der Waals surface area (Å²) >= 11 is 1.71. The highest BCUT2D eigenvalue weighted by atomic mass is 32.1. The molecule has 2 amide bonds. The fraction of sp³-hybridized carbons (Fsp3) is 0.688. The van der Waals surface area contributed by atoms with E-state index < -0.39 is 0 Å². The van der Waals surface area contributed by atoms with E-state index in [0.717, 1.165) is 31.8 Å². The molecule has 1 saturated carbocycles. The van der Waals surface area contributed by atoms with E-state index in [-0.39, 0.29) is 12.1 Å². The standard InChI is InChI=1S/C16H24N2O2S/c1-2-11-6-8-21-15(11)10-17-16(19)18-13-5-7-20-14(9-13)12-3-4-12/h6,8,12-14H,2-5,7,9-10H2,1H3,(H2,17,18,19)/t13-,14+/m0/s1. The van der Waals surface area contributed by atoms with Gasteiger partial charge in [-0.25, -0.2) is 4.79 Å². The van der Waals surface area contributed by atoms with Crippen LogP contribution in [-0.4, -0.2) is 24.8 Å². The maximum Gasteiger partial charge on any atom is 0.315 e. The number of hydrogen-bond donors (Lipinski definition) is 2. The fourth-order valence-electron chi connectivity index (χ4n) is 2.99. The van der Waals surface area contributed by atoms with Crippen molar-refractivity contribution < 1.29 is 9.53 Å². The molecule has 2 atom stereocenters. The van der Waals surface area contributed by atoms with Gasteiger partial charge in [0.15, 0.2) is 0 Å². The lowest BCUT2D eigenvalue weighted by Gasteiger charge is -2.30. The quantitative estimate of drug-likeness (QED) is 0.878. The zero-order chi connectivity index (χ0) is 14.7. The summed E-state index contributed by atoms with van der Waals surface area (Å²) in [5.41, 5.74) is 1.33. The van der Waals surface area contributed by atoms with Crippen molar-refractivity contribution in [3.8, 4) is 0 Å². The number of aryl methyl sites for hydroxylation is 1. The molecule has 0 radical (unpaired) electrons. The molecule has 2 aliphatic rings. The molecule has 1 aromatic rings. The third-order valence-electron chi connectivity index (χ3n) is 4.43. The first-order valence-electron chi connectivity index (χ1n) is 7.97. The Kier molecular flexibility index (Phi) is 4.80. The highest BCUT2D eigenvalue weighted by molar-refractivity contribution is 7.10. The summed E-state index contributed by atoms with van der Waals surface area (Å²) in [4.78, 5) is 13.3. The Morgan fingerprint density at radius 3 is 3.05 bits per heavy atom. The number of carbonyl (C=O) groups excluding carboxylic acids is 1. The van der Waals surface area contributed by atoms with Crippen LogP contribution in [0.2, 0.25) is 0 Å². The lowest BCUT2D eigenvalue weighted by molar-refractivity contribution is -0.00914. The van der Waals surface area contributed by atoms with Crippen molar-refractivity contribution in [1.29, 1.82) is 0 Å². The second kappa shape index (κ2) is 6.79. The zero-order valence-corrected chi connectivity index (χ0v) is 13.4. The molecular weight excluding hydrogens is 284 g/mol. The predicted molar refractivity (Wildman–Crippen MR) is 84.6 cm³/mol. The van der Waals surface area contributed by atoms with E-state index in [9.17, 15) is 4.79 Å². The third kappa shape index (κ3) is 3.98. The molecule has 4 nitrogen and oxygen atoms in total. The van der Waals surface area contributed by atoms with E-state index >= 15 is 0 Å². The summed E-state index contributed by atoms with van der Waals surface area (Å²) in [6.45, 7) is 3.55. The average Bonchev–Trinajstić information content (AvgIpc) is 3.24. The molecule has 5 heteroatoms. The average molecular weight is 308 g/mol. The Labute approximate surface area is 130 Å². The van der Waals surface area contributed by atoms with Gasteiger partial charge in [0, 0.05) is 17.5 Å². The molecule has 1 saturated heterocycles. The predicted octanol–water partition coefficient (Wildman–Crippen LogP) is 3.07. The molecule has 0 unspecified atom stereocenters. The fourth-order valence-corrected chi connectivity index (χ4v) is 3.91. The molecule has 2 heterocycles. The number of carbonyl (C=O) groups is 1. The molecule has 1 aromatic heterocycles. The van der Waals surface area contributed by atoms with Gasteiger partial charge in [-0.05, 0) is 55.0 Å². The smallest absolute Gasteiger partial charge is 0.315 e. The van der Waals surface area contributed by atoms with Crippen molar-refractivity contribution in [3.05, 3.63) is 21.9 Å². The number of nitrogens with one attached hydrogen (secondary N) is 2. The number of thiophene rings is 1. The van der Waals surface area contributed by atoms with Crippen molar-refractivity contribution in [2.45, 2.75) is 57.7 Å². The molecule has 21 heavy (non-hydrogen) atoms. The van der Waals surface area contributed by atoms with E-state index in [4.69, 9.17) is 4.74 Å². The van der Waals surface area contributed by atoms with E-state index in [2.05, 4.69) is 29.0 Å². The van der Waals surface area contributed by atoms with Gasteiger partial charge in [-0.15, -0.1) is 11.3 Å². The van der Waals surface area contributed by atoms with Crippen LogP contribution in [0.25, 0.3) is 0 Å². The van der Waals surface area contributed by atoms with Crippen LogP contribution in [0.5, 0.6) is 0 Å². The van der Waals surface area contributed by atoms with Crippen LogP contribution in [0.4, 0.5) is 4.79 Å². The highest BCUT2D eigenvalue weighted by Crippen LogP contribution is 2.38. The number of rotatable bonds is 5. The van der Waals surface area contributed by atoms with Gasteiger partial charge >= 0.3 is 6.03 Å². The maximum atomic E-state index is 12.0. The van der Waals surface area contributed by atoms with Crippen LogP contribution in [0, 0.1) is 5.92 Å². The molecule has 1 aliphatic heterocycles. The molecule has 0 aromatic carbocycles. The monoisotopic (exact) mass is 308 g/mol. The molecular formula is C16H24N2O2S. The first-order chi connectivity index (χ1) is 10.3. The molecule has 1 aliphatic carbocycles. The SMILES string of the molecule is CCc1ccsc1CNC(=O)N[C@H]1CCO[C@@H](C2CC2)C1. The second-order valence-electron chi connectivity index (χ2n) is 6.02. The zero-order valence-electron chi connectivity index (χ0n) is 12.6. The maximum absolute atomic E-state index is 12.0. The van der Waals surface area contributed by atoms with Crippen LogP contribution in [0.3, 0.4) is 0 Å². The largest absolute Gasteiger partial charge is 0.378 e. The normalized spacial score (nSPS) is 25.6. The van der Waals surface area contributed by atoms with Crippen molar-refractivity contribution in [2.75, 3.05) is 6.61 Å². The third-order valence-corrected chi connectivity index (χ3v) is 5.39. The molecule has 2 N–H and O–H groups in total. The first-order valence-corrected chi connectivity index (χ1v) is 8.85. The number of urea groups is 1. The first kappa shape index (κ1) is 14.9. The molecule has 116 valence electrons. The summed E-state index contributed by atoms with van der Waals surface area (Å²) in [6.07, 6.45) is 5.87. The second-order valence-corrected chi connectivity index (χ2v) is 7.02. The Morgan fingerprint density at radius 2 is 2.29 bits per heavy atom. The molecule has 3 rings (SSSR count). The minimum absolute atomic E-state index is 0.0492. The van der Waals surface area contributed by atoms with Crippen LogP contribution in [0.15, 0.2) is 11.4 Å². The van der Waals surface area contributed by atoms with E-state index in [1.165, 1.54) is 23.3 Å². The lowest BCUT2D eigenvalue weighted by Crippen LogP contribution is -2.46. The van der Waals surface area contributed by atoms with E-state index in [0.29, 0.717) is 12.6 Å². The van der Waals surface area contributed by atoms with Crippen molar-refractivity contribution in [2.24, 2.45) is 5.92 Å². The van der Waals surface area contributed by atoms with Gasteiger partial charge in [-0.1, -0.05) is 6.92 Å². The minimum Gasteiger partial charge on any atom is -0.378 e.